The highest BCUT2D eigenvalue weighted by molar-refractivity contribution is 5.89. The summed E-state index contributed by atoms with van der Waals surface area (Å²) in [5.74, 6) is 0.962. The van der Waals surface area contributed by atoms with Gasteiger partial charge in [0.05, 0.1) is 12.9 Å². The summed E-state index contributed by atoms with van der Waals surface area (Å²) in [6.45, 7) is 22.3. The molecule has 0 spiro atoms. The van der Waals surface area contributed by atoms with Crippen LogP contribution in [0.4, 0.5) is 0 Å². The molecule has 0 aromatic heterocycles. The first-order valence-electron chi connectivity index (χ1n) is 12.4. The highest BCUT2D eigenvalue weighted by Crippen LogP contribution is 2.46. The third kappa shape index (κ3) is 5.74. The van der Waals surface area contributed by atoms with Crippen LogP contribution in [0.3, 0.4) is 0 Å². The Hall–Kier alpha value is -2.28. The van der Waals surface area contributed by atoms with Crippen LogP contribution in [0.1, 0.15) is 91.2 Å². The molecule has 0 radical (unpaired) electrons. The molecule has 1 aliphatic carbocycles. The summed E-state index contributed by atoms with van der Waals surface area (Å²) < 4.78 is 5.73. The fourth-order valence-corrected chi connectivity index (χ4v) is 4.96. The highest BCUT2D eigenvalue weighted by Gasteiger charge is 2.28. The number of allylic oxidation sites excluding steroid dienone is 7. The Labute approximate surface area is 197 Å². The molecular weight excluding hydrogens is 388 g/mol. The predicted molar refractivity (Wildman–Crippen MR) is 142 cm³/mol. The van der Waals surface area contributed by atoms with Crippen molar-refractivity contribution in [1.29, 1.82) is 0 Å². The van der Waals surface area contributed by atoms with Crippen molar-refractivity contribution in [1.82, 2.24) is 0 Å². The normalized spacial score (nSPS) is 16.5. The van der Waals surface area contributed by atoms with Crippen molar-refractivity contribution in [2.24, 2.45) is 5.92 Å². The van der Waals surface area contributed by atoms with E-state index in [4.69, 9.17) is 4.74 Å². The average Bonchev–Trinajstić information content (AvgIpc) is 3.22. The summed E-state index contributed by atoms with van der Waals surface area (Å²) >= 11 is 0. The van der Waals surface area contributed by atoms with Crippen LogP contribution >= 0.6 is 0 Å². The van der Waals surface area contributed by atoms with E-state index in [1.807, 2.05) is 0 Å². The van der Waals surface area contributed by atoms with Crippen LogP contribution in [-0.4, -0.2) is 7.11 Å². The lowest BCUT2D eigenvalue weighted by atomic mass is 9.77. The van der Waals surface area contributed by atoms with E-state index < -0.39 is 0 Å². The second kappa shape index (κ2) is 12.1. The van der Waals surface area contributed by atoms with Gasteiger partial charge in [-0.2, -0.15) is 0 Å². The number of rotatable bonds is 11. The Kier molecular flexibility index (Phi) is 9.82. The van der Waals surface area contributed by atoms with E-state index in [9.17, 15) is 0 Å². The molecule has 1 atom stereocenters. The van der Waals surface area contributed by atoms with Gasteiger partial charge in [0, 0.05) is 5.92 Å². The maximum atomic E-state index is 5.73. The summed E-state index contributed by atoms with van der Waals surface area (Å²) in [5.41, 5.74) is 12.3. The number of hydrogen-bond acceptors (Lipinski definition) is 1. The van der Waals surface area contributed by atoms with E-state index in [1.54, 1.807) is 7.11 Å². The van der Waals surface area contributed by atoms with Crippen LogP contribution in [0.2, 0.25) is 0 Å². The largest absolute Gasteiger partial charge is 0.501 e. The Morgan fingerprint density at radius 1 is 1.00 bits per heavy atom. The van der Waals surface area contributed by atoms with E-state index >= 15 is 0 Å². The van der Waals surface area contributed by atoms with Gasteiger partial charge < -0.3 is 4.74 Å². The van der Waals surface area contributed by atoms with Crippen molar-refractivity contribution < 1.29 is 4.74 Å². The molecule has 1 aliphatic rings. The molecule has 0 aliphatic heterocycles. The zero-order valence-electron chi connectivity index (χ0n) is 21.7. The molecule has 1 aromatic rings. The second-order valence-electron chi connectivity index (χ2n) is 9.25. The highest BCUT2D eigenvalue weighted by atomic mass is 16.5. The monoisotopic (exact) mass is 432 g/mol. The van der Waals surface area contributed by atoms with Crippen LogP contribution in [0.5, 0.6) is 0 Å². The molecule has 0 saturated heterocycles. The van der Waals surface area contributed by atoms with Crippen LogP contribution in [0, 0.1) is 5.92 Å². The van der Waals surface area contributed by atoms with Crippen molar-refractivity contribution in [3.8, 4) is 0 Å². The van der Waals surface area contributed by atoms with Crippen LogP contribution < -0.4 is 0 Å². The average molecular weight is 433 g/mol. The quantitative estimate of drug-likeness (QED) is 0.250. The maximum absolute atomic E-state index is 5.73. The first-order valence-corrected chi connectivity index (χ1v) is 12.4. The minimum Gasteiger partial charge on any atom is -0.501 e. The summed E-state index contributed by atoms with van der Waals surface area (Å²) in [4.78, 5) is 0. The molecule has 1 heteroatoms. The van der Waals surface area contributed by atoms with Gasteiger partial charge in [0.2, 0.25) is 0 Å². The molecule has 0 heterocycles. The zero-order valence-corrected chi connectivity index (χ0v) is 21.7. The first kappa shape index (κ1) is 26.0. The van der Waals surface area contributed by atoms with E-state index in [0.29, 0.717) is 0 Å². The second-order valence-corrected chi connectivity index (χ2v) is 9.25. The van der Waals surface area contributed by atoms with Crippen molar-refractivity contribution in [2.45, 2.75) is 86.5 Å². The lowest BCUT2D eigenvalue weighted by Gasteiger charge is -2.29. The smallest absolute Gasteiger partial charge is 0.0958 e. The van der Waals surface area contributed by atoms with Crippen molar-refractivity contribution in [3.05, 3.63) is 87.7 Å². The lowest BCUT2D eigenvalue weighted by molar-refractivity contribution is 0.251. The van der Waals surface area contributed by atoms with Gasteiger partial charge in [0.25, 0.3) is 0 Å². The van der Waals surface area contributed by atoms with Gasteiger partial charge in [-0.1, -0.05) is 81.3 Å². The number of benzene rings is 1. The summed E-state index contributed by atoms with van der Waals surface area (Å²) in [5, 5.41) is 0. The topological polar surface area (TPSA) is 9.23 Å². The van der Waals surface area contributed by atoms with Gasteiger partial charge >= 0.3 is 0 Å². The Balaban J connectivity index is 2.99. The molecule has 1 unspecified atom stereocenters. The number of ether oxygens (including phenoxy) is 1. The zero-order chi connectivity index (χ0) is 23.8. The lowest BCUT2D eigenvalue weighted by Crippen LogP contribution is -2.14. The fraction of sp³-hybridized carbons (Fsp3) is 0.484. The Morgan fingerprint density at radius 2 is 1.66 bits per heavy atom. The summed E-state index contributed by atoms with van der Waals surface area (Å²) in [6, 6.07) is 9.17. The summed E-state index contributed by atoms with van der Waals surface area (Å²) in [7, 11) is 1.74. The maximum Gasteiger partial charge on any atom is 0.0958 e. The van der Waals surface area contributed by atoms with Crippen molar-refractivity contribution >= 4 is 5.57 Å². The van der Waals surface area contributed by atoms with Gasteiger partial charge in [0.15, 0.2) is 0 Å². The molecule has 0 amide bonds. The standard InChI is InChI=1S/C31H44O/c1-10-14-28(24(8)32-9)29(21(4)5)31(26-19-17-25(12-3)18-20-26)30(22(6)11-2)27-16-13-15-23(27)7/h17-20,28H,4,8,10-16H2,1-3,5-7,9H3/b30-22+,31-29+. The SMILES string of the molecule is C=C(C)/C(=C(\C(C1=C(C)CCC1)=C(/C)CC)c1ccc(CC)cc1)C(CCC)C(=C)OC. The molecule has 0 fully saturated rings. The molecular formula is C31H44O. The van der Waals surface area contributed by atoms with Gasteiger partial charge in [0.1, 0.15) is 0 Å². The molecule has 0 saturated carbocycles. The Morgan fingerprint density at radius 3 is 2.09 bits per heavy atom. The number of methoxy groups -OCH3 is 1. The van der Waals surface area contributed by atoms with Crippen molar-refractivity contribution in [2.75, 3.05) is 7.11 Å². The minimum absolute atomic E-state index is 0.130. The molecule has 32 heavy (non-hydrogen) atoms. The van der Waals surface area contributed by atoms with Gasteiger partial charge in [-0.3, -0.25) is 0 Å². The minimum atomic E-state index is 0.130. The van der Waals surface area contributed by atoms with E-state index in [1.165, 1.54) is 57.4 Å². The van der Waals surface area contributed by atoms with E-state index in [0.717, 1.165) is 43.4 Å². The van der Waals surface area contributed by atoms with Crippen LogP contribution in [0.15, 0.2) is 76.6 Å². The van der Waals surface area contributed by atoms with Crippen LogP contribution in [0.25, 0.3) is 5.57 Å². The first-order chi connectivity index (χ1) is 15.3. The molecule has 174 valence electrons. The van der Waals surface area contributed by atoms with Gasteiger partial charge in [-0.25, -0.2) is 0 Å². The number of hydrogen-bond donors (Lipinski definition) is 0. The molecule has 1 aromatic carbocycles. The van der Waals surface area contributed by atoms with E-state index in [2.05, 4.69) is 79.0 Å². The fourth-order valence-electron chi connectivity index (χ4n) is 4.96. The van der Waals surface area contributed by atoms with Crippen molar-refractivity contribution in [3.63, 3.8) is 0 Å². The van der Waals surface area contributed by atoms with Gasteiger partial charge in [-0.15, -0.1) is 0 Å². The third-order valence-corrected chi connectivity index (χ3v) is 6.96. The van der Waals surface area contributed by atoms with E-state index in [-0.39, 0.29) is 5.92 Å². The predicted octanol–water partition coefficient (Wildman–Crippen LogP) is 9.38. The third-order valence-electron chi connectivity index (χ3n) is 6.96. The molecule has 2 rings (SSSR count). The van der Waals surface area contributed by atoms with Gasteiger partial charge in [-0.05, 0) is 92.7 Å². The van der Waals surface area contributed by atoms with Crippen LogP contribution in [-0.2, 0) is 11.2 Å². The number of aryl methyl sites for hydroxylation is 1. The molecule has 0 bridgehead atoms. The molecule has 1 nitrogen and oxygen atoms in total. The summed E-state index contributed by atoms with van der Waals surface area (Å²) in [6.07, 6.45) is 7.75. The molecule has 0 N–H and O–H groups in total. The Bertz CT molecular complexity index is 918.